The van der Waals surface area contributed by atoms with Crippen molar-refractivity contribution in [1.82, 2.24) is 0 Å². The summed E-state index contributed by atoms with van der Waals surface area (Å²) in [4.78, 5) is 0. The molecule has 0 saturated heterocycles. The Morgan fingerprint density at radius 2 is 1.79 bits per heavy atom. The van der Waals surface area contributed by atoms with Crippen molar-refractivity contribution in [3.05, 3.63) is 64.7 Å². The van der Waals surface area contributed by atoms with E-state index in [1.807, 2.05) is 6.92 Å². The van der Waals surface area contributed by atoms with Crippen molar-refractivity contribution in [2.24, 2.45) is 0 Å². The van der Waals surface area contributed by atoms with Crippen molar-refractivity contribution in [3.8, 4) is 5.75 Å². The molecule has 2 nitrogen and oxygen atoms in total. The SMILES string of the molecule is COc1cc(C)ccc1C(O)c1cc(F)ccc1F. The predicted octanol–water partition coefficient (Wildman–Crippen LogP) is 3.36. The van der Waals surface area contributed by atoms with Crippen molar-refractivity contribution in [2.45, 2.75) is 13.0 Å². The summed E-state index contributed by atoms with van der Waals surface area (Å²) in [5.41, 5.74) is 1.24. The van der Waals surface area contributed by atoms with E-state index in [-0.39, 0.29) is 5.56 Å². The minimum Gasteiger partial charge on any atom is -0.496 e. The number of hydrogen-bond donors (Lipinski definition) is 1. The molecular formula is C15H14F2O2. The fraction of sp³-hybridized carbons (Fsp3) is 0.200. The number of methoxy groups -OCH3 is 1. The quantitative estimate of drug-likeness (QED) is 0.921. The summed E-state index contributed by atoms with van der Waals surface area (Å²) in [5.74, 6) is -0.811. The number of aliphatic hydroxyl groups is 1. The minimum absolute atomic E-state index is 0.109. The lowest BCUT2D eigenvalue weighted by Crippen LogP contribution is -2.05. The third kappa shape index (κ3) is 2.74. The number of aryl methyl sites for hydroxylation is 1. The van der Waals surface area contributed by atoms with Gasteiger partial charge in [0.05, 0.1) is 7.11 Å². The average molecular weight is 264 g/mol. The number of rotatable bonds is 3. The number of aliphatic hydroxyl groups excluding tert-OH is 1. The van der Waals surface area contributed by atoms with Crippen LogP contribution in [0.15, 0.2) is 36.4 Å². The Labute approximate surface area is 110 Å². The van der Waals surface area contributed by atoms with Gasteiger partial charge >= 0.3 is 0 Å². The molecule has 2 aromatic carbocycles. The molecule has 1 unspecified atom stereocenters. The number of halogens is 2. The first-order valence-corrected chi connectivity index (χ1v) is 5.80. The summed E-state index contributed by atoms with van der Waals surface area (Å²) in [5, 5.41) is 10.2. The summed E-state index contributed by atoms with van der Waals surface area (Å²) >= 11 is 0. The van der Waals surface area contributed by atoms with E-state index in [4.69, 9.17) is 4.74 Å². The van der Waals surface area contributed by atoms with Crippen LogP contribution in [0.2, 0.25) is 0 Å². The van der Waals surface area contributed by atoms with Crippen LogP contribution in [0.4, 0.5) is 8.78 Å². The van der Waals surface area contributed by atoms with Crippen LogP contribution in [0.5, 0.6) is 5.75 Å². The summed E-state index contributed by atoms with van der Waals surface area (Å²) in [6, 6.07) is 8.14. The van der Waals surface area contributed by atoms with Crippen molar-refractivity contribution < 1.29 is 18.6 Å². The topological polar surface area (TPSA) is 29.5 Å². The van der Waals surface area contributed by atoms with Crippen LogP contribution in [-0.2, 0) is 0 Å². The zero-order valence-corrected chi connectivity index (χ0v) is 10.7. The third-order valence-electron chi connectivity index (χ3n) is 2.94. The maximum absolute atomic E-state index is 13.7. The molecule has 2 aromatic rings. The smallest absolute Gasteiger partial charge is 0.129 e. The monoisotopic (exact) mass is 264 g/mol. The van der Waals surface area contributed by atoms with Gasteiger partial charge in [-0.05, 0) is 36.8 Å². The second-order valence-corrected chi connectivity index (χ2v) is 4.31. The highest BCUT2D eigenvalue weighted by Gasteiger charge is 2.19. The maximum Gasteiger partial charge on any atom is 0.129 e. The molecule has 0 aliphatic rings. The van der Waals surface area contributed by atoms with E-state index < -0.39 is 17.7 Å². The van der Waals surface area contributed by atoms with Gasteiger partial charge in [0.25, 0.3) is 0 Å². The number of hydrogen-bond acceptors (Lipinski definition) is 2. The van der Waals surface area contributed by atoms with Gasteiger partial charge in [-0.15, -0.1) is 0 Å². The van der Waals surface area contributed by atoms with Crippen LogP contribution in [0.25, 0.3) is 0 Å². The van der Waals surface area contributed by atoms with E-state index in [1.54, 1.807) is 18.2 Å². The molecule has 0 heterocycles. The first-order chi connectivity index (χ1) is 9.02. The molecule has 0 saturated carbocycles. The number of benzene rings is 2. The van der Waals surface area contributed by atoms with Gasteiger partial charge in [-0.25, -0.2) is 8.78 Å². The summed E-state index contributed by atoms with van der Waals surface area (Å²) in [7, 11) is 1.47. The van der Waals surface area contributed by atoms with Gasteiger partial charge in [0.1, 0.15) is 23.5 Å². The molecule has 4 heteroatoms. The van der Waals surface area contributed by atoms with E-state index in [0.717, 1.165) is 23.8 Å². The summed E-state index contributed by atoms with van der Waals surface area (Å²) < 4.78 is 32.0. The van der Waals surface area contributed by atoms with Gasteiger partial charge in [-0.1, -0.05) is 12.1 Å². The molecule has 0 aliphatic heterocycles. The molecule has 0 aromatic heterocycles. The summed E-state index contributed by atoms with van der Waals surface area (Å²) in [6.45, 7) is 1.88. The molecule has 1 atom stereocenters. The third-order valence-corrected chi connectivity index (χ3v) is 2.94. The largest absolute Gasteiger partial charge is 0.496 e. The van der Waals surface area contributed by atoms with E-state index in [9.17, 15) is 13.9 Å². The molecule has 100 valence electrons. The molecule has 0 radical (unpaired) electrons. The van der Waals surface area contributed by atoms with Crippen molar-refractivity contribution in [1.29, 1.82) is 0 Å². The minimum atomic E-state index is -1.27. The zero-order valence-electron chi connectivity index (χ0n) is 10.7. The molecule has 0 fully saturated rings. The molecule has 19 heavy (non-hydrogen) atoms. The van der Waals surface area contributed by atoms with E-state index in [2.05, 4.69) is 0 Å². The Hall–Kier alpha value is -1.94. The van der Waals surface area contributed by atoms with Gasteiger partial charge in [-0.3, -0.25) is 0 Å². The highest BCUT2D eigenvalue weighted by molar-refractivity contribution is 5.43. The van der Waals surface area contributed by atoms with Crippen LogP contribution < -0.4 is 4.74 Å². The Morgan fingerprint density at radius 3 is 2.47 bits per heavy atom. The Balaban J connectivity index is 2.49. The van der Waals surface area contributed by atoms with Gasteiger partial charge in [0.15, 0.2) is 0 Å². The highest BCUT2D eigenvalue weighted by Crippen LogP contribution is 2.32. The molecule has 0 amide bonds. The average Bonchev–Trinajstić information content (AvgIpc) is 2.40. The van der Waals surface area contributed by atoms with Crippen LogP contribution in [0.3, 0.4) is 0 Å². The first kappa shape index (κ1) is 13.5. The lowest BCUT2D eigenvalue weighted by Gasteiger charge is -2.16. The maximum atomic E-state index is 13.7. The fourth-order valence-corrected chi connectivity index (χ4v) is 1.94. The summed E-state index contributed by atoms with van der Waals surface area (Å²) in [6.07, 6.45) is -1.27. The fourth-order valence-electron chi connectivity index (χ4n) is 1.94. The molecule has 0 aliphatic carbocycles. The van der Waals surface area contributed by atoms with Crippen molar-refractivity contribution >= 4 is 0 Å². The predicted molar refractivity (Wildman–Crippen MR) is 68.2 cm³/mol. The lowest BCUT2D eigenvalue weighted by atomic mass is 9.99. The van der Waals surface area contributed by atoms with Gasteiger partial charge in [0.2, 0.25) is 0 Å². The Bertz CT molecular complexity index is 597. The Kier molecular flexibility index (Phi) is 3.81. The zero-order chi connectivity index (χ0) is 14.0. The van der Waals surface area contributed by atoms with Crippen LogP contribution in [-0.4, -0.2) is 12.2 Å². The standard InChI is InChI=1S/C15H14F2O2/c1-9-3-5-11(14(7-9)19-2)15(18)12-8-10(16)4-6-13(12)17/h3-8,15,18H,1-2H3. The van der Waals surface area contributed by atoms with Crippen LogP contribution in [0, 0.1) is 18.6 Å². The van der Waals surface area contributed by atoms with E-state index >= 15 is 0 Å². The molecular weight excluding hydrogens is 250 g/mol. The normalized spacial score (nSPS) is 12.3. The van der Waals surface area contributed by atoms with Crippen molar-refractivity contribution in [2.75, 3.05) is 7.11 Å². The van der Waals surface area contributed by atoms with Gasteiger partial charge < -0.3 is 9.84 Å². The highest BCUT2D eigenvalue weighted by atomic mass is 19.1. The van der Waals surface area contributed by atoms with Gasteiger partial charge in [0, 0.05) is 11.1 Å². The first-order valence-electron chi connectivity index (χ1n) is 5.80. The van der Waals surface area contributed by atoms with Crippen LogP contribution >= 0.6 is 0 Å². The molecule has 0 spiro atoms. The second-order valence-electron chi connectivity index (χ2n) is 4.31. The van der Waals surface area contributed by atoms with E-state index in [1.165, 1.54) is 7.11 Å². The van der Waals surface area contributed by atoms with Crippen molar-refractivity contribution in [3.63, 3.8) is 0 Å². The lowest BCUT2D eigenvalue weighted by molar-refractivity contribution is 0.209. The Morgan fingerprint density at radius 1 is 1.05 bits per heavy atom. The molecule has 0 bridgehead atoms. The van der Waals surface area contributed by atoms with Crippen LogP contribution in [0.1, 0.15) is 22.8 Å². The second kappa shape index (κ2) is 5.36. The van der Waals surface area contributed by atoms with E-state index in [0.29, 0.717) is 11.3 Å². The molecule has 1 N–H and O–H groups in total. The van der Waals surface area contributed by atoms with Gasteiger partial charge in [-0.2, -0.15) is 0 Å². The molecule has 2 rings (SSSR count). The number of ether oxygens (including phenoxy) is 1.